The van der Waals surface area contributed by atoms with E-state index >= 15 is 0 Å². The lowest BCUT2D eigenvalue weighted by molar-refractivity contribution is -0.915. The van der Waals surface area contributed by atoms with Crippen LogP contribution < -0.4 is 9.64 Å². The molecule has 0 bridgehead atoms. The van der Waals surface area contributed by atoms with Crippen molar-refractivity contribution in [1.82, 2.24) is 0 Å². The molecule has 1 unspecified atom stereocenters. The fraction of sp³-hybridized carbons (Fsp3) is 0.458. The van der Waals surface area contributed by atoms with Crippen LogP contribution in [0.5, 0.6) is 5.75 Å². The summed E-state index contributed by atoms with van der Waals surface area (Å²) in [6.07, 6.45) is 4.32. The van der Waals surface area contributed by atoms with E-state index in [1.54, 1.807) is 12.0 Å². The van der Waals surface area contributed by atoms with Crippen molar-refractivity contribution >= 4 is 6.21 Å². The van der Waals surface area contributed by atoms with Crippen LogP contribution in [0.15, 0.2) is 59.6 Å². The van der Waals surface area contributed by atoms with E-state index < -0.39 is 0 Å². The molecule has 0 radical (unpaired) electrons. The van der Waals surface area contributed by atoms with Crippen molar-refractivity contribution in [2.45, 2.75) is 38.1 Å². The van der Waals surface area contributed by atoms with Crippen LogP contribution in [0.4, 0.5) is 0 Å². The van der Waals surface area contributed by atoms with E-state index in [-0.39, 0.29) is 5.41 Å². The molecule has 2 aromatic rings. The van der Waals surface area contributed by atoms with Gasteiger partial charge in [0.05, 0.1) is 26.7 Å². The fourth-order valence-corrected chi connectivity index (χ4v) is 4.59. The number of nitrogens with one attached hydrogen (secondary N) is 1. The third-order valence-electron chi connectivity index (χ3n) is 6.48. The molecular weight excluding hydrogens is 332 g/mol. The third-order valence-corrected chi connectivity index (χ3v) is 6.48. The second-order valence-electron chi connectivity index (χ2n) is 8.14. The Morgan fingerprint density at radius 1 is 1.11 bits per heavy atom. The Balaban J connectivity index is 1.75. The molecule has 1 aliphatic rings. The molecule has 3 nitrogen and oxygen atoms in total. The highest BCUT2D eigenvalue weighted by molar-refractivity contribution is 5.79. The van der Waals surface area contributed by atoms with Gasteiger partial charge in [0.25, 0.3) is 0 Å². The van der Waals surface area contributed by atoms with Gasteiger partial charge >= 0.3 is 0 Å². The van der Waals surface area contributed by atoms with Crippen molar-refractivity contribution in [3.8, 4) is 5.75 Å². The van der Waals surface area contributed by atoms with Crippen LogP contribution in [-0.4, -0.2) is 39.5 Å². The molecule has 0 aliphatic carbocycles. The van der Waals surface area contributed by atoms with Gasteiger partial charge in [-0.15, -0.1) is 0 Å². The zero-order chi connectivity index (χ0) is 19.3. The number of quaternary nitrogens is 1. The zero-order valence-electron chi connectivity index (χ0n) is 17.1. The molecule has 3 heteroatoms. The van der Waals surface area contributed by atoms with E-state index in [4.69, 9.17) is 9.73 Å². The van der Waals surface area contributed by atoms with Crippen LogP contribution in [0.3, 0.4) is 0 Å². The number of methoxy groups -OCH3 is 1. The van der Waals surface area contributed by atoms with E-state index in [9.17, 15) is 0 Å². The lowest BCUT2D eigenvalue weighted by atomic mass is 9.63. The molecule has 1 heterocycles. The van der Waals surface area contributed by atoms with Crippen molar-refractivity contribution in [2.75, 3.05) is 27.2 Å². The van der Waals surface area contributed by atoms with Gasteiger partial charge in [-0.25, -0.2) is 0 Å². The van der Waals surface area contributed by atoms with Crippen molar-refractivity contribution in [3.05, 3.63) is 65.7 Å². The predicted molar refractivity (Wildman–Crippen MR) is 113 cm³/mol. The standard InChI is InChI=1S/C24H32N2O/c1-19-18-26(3)20(2)16-24(19,22-8-6-5-7-9-22)14-15-25-17-21-10-12-23(27-4)13-11-21/h5-13,17,19-20H,14-16,18H2,1-4H3/p+1/t19-,20+,24+/m1/s1. The van der Waals surface area contributed by atoms with Gasteiger partial charge in [0, 0.05) is 30.5 Å². The van der Waals surface area contributed by atoms with Gasteiger partial charge < -0.3 is 9.64 Å². The number of rotatable bonds is 6. The number of benzene rings is 2. The summed E-state index contributed by atoms with van der Waals surface area (Å²) in [5.74, 6) is 1.53. The Morgan fingerprint density at radius 2 is 1.81 bits per heavy atom. The maximum atomic E-state index is 5.22. The molecule has 3 rings (SSSR count). The summed E-state index contributed by atoms with van der Waals surface area (Å²) in [5.41, 5.74) is 2.83. The topological polar surface area (TPSA) is 26.0 Å². The van der Waals surface area contributed by atoms with Crippen LogP contribution in [0, 0.1) is 5.92 Å². The number of hydrogen-bond donors (Lipinski definition) is 1. The van der Waals surface area contributed by atoms with Crippen LogP contribution >= 0.6 is 0 Å². The van der Waals surface area contributed by atoms with Crippen molar-refractivity contribution in [2.24, 2.45) is 10.9 Å². The summed E-state index contributed by atoms with van der Waals surface area (Å²) in [6, 6.07) is 19.9. The fourth-order valence-electron chi connectivity index (χ4n) is 4.59. The Bertz CT molecular complexity index is 741. The molecule has 144 valence electrons. The Hall–Kier alpha value is -2.13. The Labute approximate surface area is 164 Å². The zero-order valence-corrected chi connectivity index (χ0v) is 17.1. The second kappa shape index (κ2) is 8.71. The monoisotopic (exact) mass is 365 g/mol. The number of ether oxygens (including phenoxy) is 1. The van der Waals surface area contributed by atoms with Crippen LogP contribution in [-0.2, 0) is 5.41 Å². The molecule has 0 spiro atoms. The van der Waals surface area contributed by atoms with Crippen molar-refractivity contribution < 1.29 is 9.64 Å². The Kier molecular flexibility index (Phi) is 6.33. The molecule has 27 heavy (non-hydrogen) atoms. The van der Waals surface area contributed by atoms with Gasteiger partial charge in [-0.1, -0.05) is 37.3 Å². The predicted octanol–water partition coefficient (Wildman–Crippen LogP) is 3.39. The molecule has 4 atom stereocenters. The summed E-state index contributed by atoms with van der Waals surface area (Å²) >= 11 is 0. The minimum atomic E-state index is 0.220. The van der Waals surface area contributed by atoms with Gasteiger partial charge in [-0.05, 0) is 48.7 Å². The van der Waals surface area contributed by atoms with Gasteiger partial charge in [0.1, 0.15) is 5.75 Å². The first kappa shape index (κ1) is 19.6. The maximum Gasteiger partial charge on any atom is 0.118 e. The molecule has 1 N–H and O–H groups in total. The van der Waals surface area contributed by atoms with E-state index in [2.05, 4.69) is 63.4 Å². The summed E-state index contributed by atoms with van der Waals surface area (Å²) in [7, 11) is 4.02. The van der Waals surface area contributed by atoms with Gasteiger partial charge in [-0.2, -0.15) is 0 Å². The van der Waals surface area contributed by atoms with E-state index in [1.807, 2.05) is 18.3 Å². The van der Waals surface area contributed by atoms with Crippen molar-refractivity contribution in [3.63, 3.8) is 0 Å². The quantitative estimate of drug-likeness (QED) is 0.780. The summed E-state index contributed by atoms with van der Waals surface area (Å²) in [4.78, 5) is 6.42. The SMILES string of the molecule is COc1ccc(C=NCC[C@]2(c3ccccc3)C[C@H](C)[NH+](C)C[C@H]2C)cc1. The van der Waals surface area contributed by atoms with Gasteiger partial charge in [0.2, 0.25) is 0 Å². The number of nitrogens with zero attached hydrogens (tertiary/aromatic N) is 1. The number of likely N-dealkylation sites (tertiary alicyclic amines) is 1. The van der Waals surface area contributed by atoms with Gasteiger partial charge in [0.15, 0.2) is 0 Å². The largest absolute Gasteiger partial charge is 0.497 e. The lowest BCUT2D eigenvalue weighted by Gasteiger charge is -2.47. The first-order chi connectivity index (χ1) is 13.0. The minimum absolute atomic E-state index is 0.220. The van der Waals surface area contributed by atoms with E-state index in [0.29, 0.717) is 12.0 Å². The van der Waals surface area contributed by atoms with Crippen LogP contribution in [0.2, 0.25) is 0 Å². The average Bonchev–Trinajstić information content (AvgIpc) is 2.70. The van der Waals surface area contributed by atoms with Gasteiger partial charge in [-0.3, -0.25) is 4.99 Å². The molecule has 1 saturated heterocycles. The Morgan fingerprint density at radius 3 is 2.48 bits per heavy atom. The van der Waals surface area contributed by atoms with Crippen LogP contribution in [0.1, 0.15) is 37.8 Å². The van der Waals surface area contributed by atoms with Crippen LogP contribution in [0.25, 0.3) is 0 Å². The van der Waals surface area contributed by atoms with Crippen molar-refractivity contribution in [1.29, 1.82) is 0 Å². The minimum Gasteiger partial charge on any atom is -0.497 e. The smallest absolute Gasteiger partial charge is 0.118 e. The molecule has 0 saturated carbocycles. The van der Waals surface area contributed by atoms with E-state index in [1.165, 1.54) is 18.5 Å². The summed E-state index contributed by atoms with van der Waals surface area (Å²) in [5, 5.41) is 0. The molecule has 2 aromatic carbocycles. The normalized spacial score (nSPS) is 28.4. The highest BCUT2D eigenvalue weighted by Gasteiger charge is 2.45. The molecule has 1 fully saturated rings. The summed E-state index contributed by atoms with van der Waals surface area (Å²) < 4.78 is 5.22. The average molecular weight is 366 g/mol. The second-order valence-corrected chi connectivity index (χ2v) is 8.14. The van der Waals surface area contributed by atoms with E-state index in [0.717, 1.165) is 24.3 Å². The number of aliphatic imine (C=N–C) groups is 1. The molecule has 1 aliphatic heterocycles. The molecular formula is C24H33N2O+. The molecule has 0 aromatic heterocycles. The third kappa shape index (κ3) is 4.41. The number of piperidine rings is 1. The maximum absolute atomic E-state index is 5.22. The molecule has 0 amide bonds. The highest BCUT2D eigenvalue weighted by Crippen LogP contribution is 2.41. The lowest BCUT2D eigenvalue weighted by Crippen LogP contribution is -3.15. The highest BCUT2D eigenvalue weighted by atomic mass is 16.5. The number of hydrogen-bond acceptors (Lipinski definition) is 2. The first-order valence-corrected chi connectivity index (χ1v) is 10.1. The summed E-state index contributed by atoms with van der Waals surface area (Å²) in [6.45, 7) is 6.89. The first-order valence-electron chi connectivity index (χ1n) is 10.1.